The highest BCUT2D eigenvalue weighted by molar-refractivity contribution is 6.00. The maximum atomic E-state index is 12.4. The fourth-order valence-corrected chi connectivity index (χ4v) is 2.45. The van der Waals surface area contributed by atoms with Crippen LogP contribution in [0.5, 0.6) is 0 Å². The standard InChI is InChI=1S/C19H20N6O2/c1-5-17(26)22-12-6-7-13-15(8-12)25(11-21-13)16-10-20-9-14(23-16)18(27)24-19(2,3)4/h5-11H,1H2,2-4H3,(H,22,26)(H,24,27). The van der Waals surface area contributed by atoms with Crippen molar-refractivity contribution in [2.45, 2.75) is 26.3 Å². The molecule has 2 amide bonds. The molecule has 8 nitrogen and oxygen atoms in total. The molecule has 2 heterocycles. The summed E-state index contributed by atoms with van der Waals surface area (Å²) in [5, 5.41) is 5.57. The van der Waals surface area contributed by atoms with E-state index < -0.39 is 0 Å². The molecule has 3 rings (SSSR count). The van der Waals surface area contributed by atoms with Gasteiger partial charge in [-0.1, -0.05) is 6.58 Å². The first kappa shape index (κ1) is 18.2. The van der Waals surface area contributed by atoms with Gasteiger partial charge >= 0.3 is 0 Å². The minimum absolute atomic E-state index is 0.209. The van der Waals surface area contributed by atoms with Crippen molar-refractivity contribution in [3.8, 4) is 5.82 Å². The number of carbonyl (C=O) groups is 2. The van der Waals surface area contributed by atoms with Gasteiger partial charge in [0.1, 0.15) is 12.0 Å². The summed E-state index contributed by atoms with van der Waals surface area (Å²) in [6, 6.07) is 5.31. The number of nitrogens with zero attached hydrogens (tertiary/aromatic N) is 4. The van der Waals surface area contributed by atoms with Crippen LogP contribution in [0.4, 0.5) is 5.69 Å². The average Bonchev–Trinajstić information content (AvgIpc) is 3.03. The first-order valence-corrected chi connectivity index (χ1v) is 8.32. The summed E-state index contributed by atoms with van der Waals surface area (Å²) in [7, 11) is 0. The normalized spacial score (nSPS) is 11.2. The monoisotopic (exact) mass is 364 g/mol. The maximum absolute atomic E-state index is 12.4. The number of rotatable bonds is 4. The van der Waals surface area contributed by atoms with E-state index in [0.29, 0.717) is 11.5 Å². The minimum atomic E-state index is -0.380. The SMILES string of the molecule is C=CC(=O)Nc1ccc2ncn(-c3cncc(C(=O)NC(C)(C)C)n3)c2c1. The number of hydrogen-bond acceptors (Lipinski definition) is 5. The van der Waals surface area contributed by atoms with Crippen molar-refractivity contribution >= 4 is 28.5 Å². The van der Waals surface area contributed by atoms with E-state index in [0.717, 1.165) is 11.0 Å². The van der Waals surface area contributed by atoms with Gasteiger partial charge in [0.05, 0.1) is 23.4 Å². The van der Waals surface area contributed by atoms with E-state index in [9.17, 15) is 9.59 Å². The number of benzene rings is 1. The smallest absolute Gasteiger partial charge is 0.271 e. The van der Waals surface area contributed by atoms with Crippen molar-refractivity contribution in [3.63, 3.8) is 0 Å². The molecular weight excluding hydrogens is 344 g/mol. The van der Waals surface area contributed by atoms with E-state index >= 15 is 0 Å². The second kappa shape index (κ2) is 6.99. The highest BCUT2D eigenvalue weighted by Crippen LogP contribution is 2.21. The molecular formula is C19H20N6O2. The Morgan fingerprint density at radius 2 is 2.00 bits per heavy atom. The molecule has 0 saturated carbocycles. The molecule has 0 bridgehead atoms. The van der Waals surface area contributed by atoms with Crippen molar-refractivity contribution in [2.24, 2.45) is 0 Å². The Labute approximate surface area is 156 Å². The zero-order valence-electron chi connectivity index (χ0n) is 15.4. The number of amides is 2. The predicted octanol–water partition coefficient (Wildman–Crippen LogP) is 2.47. The molecule has 0 atom stereocenters. The molecule has 1 aromatic carbocycles. The lowest BCUT2D eigenvalue weighted by atomic mass is 10.1. The Kier molecular flexibility index (Phi) is 4.72. The van der Waals surface area contributed by atoms with Crippen LogP contribution in [-0.2, 0) is 4.79 Å². The highest BCUT2D eigenvalue weighted by Gasteiger charge is 2.17. The zero-order chi connectivity index (χ0) is 19.6. The Morgan fingerprint density at radius 3 is 2.70 bits per heavy atom. The molecule has 3 aromatic rings. The molecule has 138 valence electrons. The summed E-state index contributed by atoms with van der Waals surface area (Å²) < 4.78 is 1.71. The number of nitrogens with one attached hydrogen (secondary N) is 2. The maximum Gasteiger partial charge on any atom is 0.271 e. The van der Waals surface area contributed by atoms with Gasteiger partial charge in [0, 0.05) is 11.2 Å². The van der Waals surface area contributed by atoms with Gasteiger partial charge in [-0.15, -0.1) is 0 Å². The van der Waals surface area contributed by atoms with Crippen molar-refractivity contribution < 1.29 is 9.59 Å². The molecule has 0 fully saturated rings. The van der Waals surface area contributed by atoms with Gasteiger partial charge in [-0.05, 0) is 45.0 Å². The van der Waals surface area contributed by atoms with Crippen LogP contribution in [0.25, 0.3) is 16.9 Å². The summed E-state index contributed by atoms with van der Waals surface area (Å²) in [6.45, 7) is 9.12. The lowest BCUT2D eigenvalue weighted by molar-refractivity contribution is -0.111. The van der Waals surface area contributed by atoms with Crippen LogP contribution in [0.2, 0.25) is 0 Å². The second-order valence-electron chi connectivity index (χ2n) is 6.98. The van der Waals surface area contributed by atoms with Crippen LogP contribution in [0, 0.1) is 0 Å². The fourth-order valence-electron chi connectivity index (χ4n) is 2.45. The van der Waals surface area contributed by atoms with Crippen LogP contribution in [0.3, 0.4) is 0 Å². The summed E-state index contributed by atoms with van der Waals surface area (Å²) in [6.07, 6.45) is 5.76. The Bertz CT molecular complexity index is 1030. The Hall–Kier alpha value is -3.55. The molecule has 0 radical (unpaired) electrons. The number of hydrogen-bond donors (Lipinski definition) is 2. The van der Waals surface area contributed by atoms with Gasteiger partial charge < -0.3 is 10.6 Å². The Morgan fingerprint density at radius 1 is 1.22 bits per heavy atom. The molecule has 0 aliphatic rings. The molecule has 0 saturated heterocycles. The molecule has 0 spiro atoms. The summed E-state index contributed by atoms with van der Waals surface area (Å²) in [5.74, 6) is -0.160. The third-order valence-corrected chi connectivity index (χ3v) is 3.59. The van der Waals surface area contributed by atoms with E-state index in [2.05, 4.69) is 32.2 Å². The van der Waals surface area contributed by atoms with Crippen LogP contribution in [0.1, 0.15) is 31.3 Å². The van der Waals surface area contributed by atoms with E-state index in [4.69, 9.17) is 0 Å². The number of anilines is 1. The number of aromatic nitrogens is 4. The van der Waals surface area contributed by atoms with Gasteiger partial charge in [0.15, 0.2) is 5.82 Å². The number of carbonyl (C=O) groups excluding carboxylic acids is 2. The van der Waals surface area contributed by atoms with Crippen LogP contribution in [0.15, 0.2) is 49.6 Å². The molecule has 2 aromatic heterocycles. The molecule has 0 aliphatic carbocycles. The largest absolute Gasteiger partial charge is 0.346 e. The van der Waals surface area contributed by atoms with Gasteiger partial charge in [-0.2, -0.15) is 0 Å². The first-order chi connectivity index (χ1) is 12.8. The quantitative estimate of drug-likeness (QED) is 0.693. The van der Waals surface area contributed by atoms with Crippen LogP contribution >= 0.6 is 0 Å². The summed E-state index contributed by atoms with van der Waals surface area (Å²) in [5.41, 5.74) is 1.87. The molecule has 0 unspecified atom stereocenters. The average molecular weight is 364 g/mol. The lowest BCUT2D eigenvalue weighted by Crippen LogP contribution is -2.41. The van der Waals surface area contributed by atoms with Gasteiger partial charge in [0.25, 0.3) is 5.91 Å². The third-order valence-electron chi connectivity index (χ3n) is 3.59. The first-order valence-electron chi connectivity index (χ1n) is 8.32. The number of imidazole rings is 1. The zero-order valence-corrected chi connectivity index (χ0v) is 15.4. The van der Waals surface area contributed by atoms with Crippen molar-refractivity contribution in [1.82, 2.24) is 24.8 Å². The summed E-state index contributed by atoms with van der Waals surface area (Å²) >= 11 is 0. The Balaban J connectivity index is 1.98. The summed E-state index contributed by atoms with van der Waals surface area (Å²) in [4.78, 5) is 36.7. The number of fused-ring (bicyclic) bond motifs is 1. The van der Waals surface area contributed by atoms with Crippen LogP contribution in [-0.4, -0.2) is 36.9 Å². The van der Waals surface area contributed by atoms with Gasteiger partial charge in [-0.25, -0.2) is 9.97 Å². The van der Waals surface area contributed by atoms with Crippen LogP contribution < -0.4 is 10.6 Å². The van der Waals surface area contributed by atoms with E-state index in [1.54, 1.807) is 35.3 Å². The lowest BCUT2D eigenvalue weighted by Gasteiger charge is -2.20. The minimum Gasteiger partial charge on any atom is -0.346 e. The van der Waals surface area contributed by atoms with E-state index in [-0.39, 0.29) is 23.0 Å². The van der Waals surface area contributed by atoms with Crippen molar-refractivity contribution in [3.05, 3.63) is 55.3 Å². The van der Waals surface area contributed by atoms with Gasteiger partial charge in [0.2, 0.25) is 5.91 Å². The predicted molar refractivity (Wildman–Crippen MR) is 103 cm³/mol. The van der Waals surface area contributed by atoms with E-state index in [1.807, 2.05) is 20.8 Å². The fraction of sp³-hybridized carbons (Fsp3) is 0.211. The van der Waals surface area contributed by atoms with Crippen molar-refractivity contribution in [2.75, 3.05) is 5.32 Å². The highest BCUT2D eigenvalue weighted by atomic mass is 16.2. The molecule has 27 heavy (non-hydrogen) atoms. The molecule has 0 aliphatic heterocycles. The topological polar surface area (TPSA) is 102 Å². The third kappa shape index (κ3) is 4.17. The second-order valence-corrected chi connectivity index (χ2v) is 6.98. The van der Waals surface area contributed by atoms with E-state index in [1.165, 1.54) is 12.3 Å². The molecule has 8 heteroatoms. The van der Waals surface area contributed by atoms with Gasteiger partial charge in [-0.3, -0.25) is 19.1 Å². The molecule has 2 N–H and O–H groups in total. The van der Waals surface area contributed by atoms with Crippen molar-refractivity contribution in [1.29, 1.82) is 0 Å².